The molecule has 7 nitrogen and oxygen atoms in total. The molecule has 27 heavy (non-hydrogen) atoms. The van der Waals surface area contributed by atoms with E-state index < -0.39 is 0 Å². The number of nitrogens with one attached hydrogen (secondary N) is 1. The molecular weight excluding hydrogens is 386 g/mol. The van der Waals surface area contributed by atoms with E-state index in [2.05, 4.69) is 15.5 Å². The van der Waals surface area contributed by atoms with Gasteiger partial charge in [-0.15, -0.1) is 10.2 Å². The van der Waals surface area contributed by atoms with Gasteiger partial charge in [0.2, 0.25) is 11.8 Å². The number of hydrogen-bond acceptors (Lipinski definition) is 5. The van der Waals surface area contributed by atoms with Crippen molar-refractivity contribution < 1.29 is 9.59 Å². The van der Waals surface area contributed by atoms with Crippen LogP contribution in [0.4, 0.5) is 0 Å². The highest BCUT2D eigenvalue weighted by Crippen LogP contribution is 2.24. The van der Waals surface area contributed by atoms with Crippen LogP contribution in [-0.4, -0.2) is 56.4 Å². The zero-order valence-electron chi connectivity index (χ0n) is 16.1. The van der Waals surface area contributed by atoms with Crippen LogP contribution in [0.5, 0.6) is 0 Å². The summed E-state index contributed by atoms with van der Waals surface area (Å²) < 4.78 is 1.83. The molecule has 0 saturated carbocycles. The van der Waals surface area contributed by atoms with E-state index in [1.807, 2.05) is 44.5 Å². The largest absolute Gasteiger partial charge is 0.350 e. The first kappa shape index (κ1) is 21.2. The van der Waals surface area contributed by atoms with Gasteiger partial charge in [-0.1, -0.05) is 23.4 Å². The minimum Gasteiger partial charge on any atom is -0.350 e. The van der Waals surface area contributed by atoms with Crippen molar-refractivity contribution in [3.8, 4) is 11.4 Å². The van der Waals surface area contributed by atoms with Crippen LogP contribution < -0.4 is 5.32 Å². The molecule has 0 spiro atoms. The minimum atomic E-state index is -0.327. The highest BCUT2D eigenvalue weighted by atomic mass is 35.5. The summed E-state index contributed by atoms with van der Waals surface area (Å²) in [5.74, 6) is 0.526. The van der Waals surface area contributed by atoms with Gasteiger partial charge in [-0.3, -0.25) is 9.59 Å². The summed E-state index contributed by atoms with van der Waals surface area (Å²) >= 11 is 7.19. The maximum Gasteiger partial charge on any atom is 0.240 e. The lowest BCUT2D eigenvalue weighted by Crippen LogP contribution is -2.46. The first-order chi connectivity index (χ1) is 12.6. The monoisotopic (exact) mass is 409 g/mol. The second-order valence-corrected chi connectivity index (χ2v) is 8.59. The molecule has 146 valence electrons. The van der Waals surface area contributed by atoms with E-state index in [1.165, 1.54) is 16.7 Å². The molecule has 0 saturated heterocycles. The SMILES string of the molecule is CN(CC(=O)NC(C)(C)C)C(=O)CSc1nnc(-c2ccc(Cl)cc2)n1C. The third-order valence-corrected chi connectivity index (χ3v) is 4.84. The van der Waals surface area contributed by atoms with E-state index in [4.69, 9.17) is 11.6 Å². The van der Waals surface area contributed by atoms with Crippen LogP contribution in [0, 0.1) is 0 Å². The highest BCUT2D eigenvalue weighted by Gasteiger charge is 2.19. The lowest BCUT2D eigenvalue weighted by atomic mass is 10.1. The Morgan fingerprint density at radius 1 is 1.22 bits per heavy atom. The van der Waals surface area contributed by atoms with Gasteiger partial charge in [0.1, 0.15) is 0 Å². The predicted octanol–water partition coefficient (Wildman–Crippen LogP) is 2.60. The van der Waals surface area contributed by atoms with Crippen LogP contribution in [0.25, 0.3) is 11.4 Å². The van der Waals surface area contributed by atoms with E-state index in [0.717, 1.165) is 5.56 Å². The lowest BCUT2D eigenvalue weighted by molar-refractivity contribution is -0.133. The average molecular weight is 410 g/mol. The van der Waals surface area contributed by atoms with Crippen LogP contribution in [0.1, 0.15) is 20.8 Å². The third kappa shape index (κ3) is 6.25. The molecule has 0 radical (unpaired) electrons. The van der Waals surface area contributed by atoms with Crippen molar-refractivity contribution >= 4 is 35.2 Å². The van der Waals surface area contributed by atoms with Crippen LogP contribution in [0.2, 0.25) is 5.02 Å². The topological polar surface area (TPSA) is 80.1 Å². The highest BCUT2D eigenvalue weighted by molar-refractivity contribution is 7.99. The molecule has 0 unspecified atom stereocenters. The number of rotatable bonds is 6. The molecule has 2 rings (SSSR count). The summed E-state index contributed by atoms with van der Waals surface area (Å²) in [6.07, 6.45) is 0. The van der Waals surface area contributed by atoms with Crippen molar-refractivity contribution in [3.63, 3.8) is 0 Å². The number of likely N-dealkylation sites (N-methyl/N-ethyl adjacent to an activating group) is 1. The Bertz CT molecular complexity index is 814. The van der Waals surface area contributed by atoms with Crippen molar-refractivity contribution in [2.75, 3.05) is 19.3 Å². The van der Waals surface area contributed by atoms with E-state index in [9.17, 15) is 9.59 Å². The fourth-order valence-electron chi connectivity index (χ4n) is 2.29. The summed E-state index contributed by atoms with van der Waals surface area (Å²) in [5, 5.41) is 12.5. The molecule has 0 bridgehead atoms. The Kier molecular flexibility index (Phi) is 6.89. The fourth-order valence-corrected chi connectivity index (χ4v) is 3.27. The molecule has 2 amide bonds. The third-order valence-electron chi connectivity index (χ3n) is 3.58. The van der Waals surface area contributed by atoms with Gasteiger partial charge in [-0.25, -0.2) is 0 Å². The molecule has 1 N–H and O–H groups in total. The number of aromatic nitrogens is 3. The van der Waals surface area contributed by atoms with Crippen molar-refractivity contribution in [2.45, 2.75) is 31.5 Å². The summed E-state index contributed by atoms with van der Waals surface area (Å²) in [7, 11) is 3.46. The Morgan fingerprint density at radius 3 is 2.44 bits per heavy atom. The Balaban J connectivity index is 1.93. The van der Waals surface area contributed by atoms with Crippen molar-refractivity contribution in [1.82, 2.24) is 25.0 Å². The van der Waals surface area contributed by atoms with Gasteiger partial charge in [0.25, 0.3) is 0 Å². The standard InChI is InChI=1S/C18H24ClN5O2S/c1-18(2,3)20-14(25)10-23(4)15(26)11-27-17-22-21-16(24(17)5)12-6-8-13(19)9-7-12/h6-9H,10-11H2,1-5H3,(H,20,25). The molecule has 2 aromatic rings. The first-order valence-electron chi connectivity index (χ1n) is 8.40. The molecular formula is C18H24ClN5O2S. The maximum absolute atomic E-state index is 12.3. The molecule has 0 aliphatic carbocycles. The molecule has 9 heteroatoms. The number of carbonyl (C=O) groups excluding carboxylic acids is 2. The summed E-state index contributed by atoms with van der Waals surface area (Å²) in [4.78, 5) is 25.6. The van der Waals surface area contributed by atoms with E-state index in [0.29, 0.717) is 16.0 Å². The van der Waals surface area contributed by atoms with E-state index >= 15 is 0 Å². The molecule has 0 fully saturated rings. The minimum absolute atomic E-state index is 0.0193. The molecule has 0 aliphatic rings. The summed E-state index contributed by atoms with van der Waals surface area (Å²) in [5.41, 5.74) is 0.565. The maximum atomic E-state index is 12.3. The van der Waals surface area contributed by atoms with Gasteiger partial charge in [0.05, 0.1) is 12.3 Å². The van der Waals surface area contributed by atoms with Crippen LogP contribution in [0.3, 0.4) is 0 Å². The summed E-state index contributed by atoms with van der Waals surface area (Å²) in [6.45, 7) is 5.71. The van der Waals surface area contributed by atoms with Gasteiger partial charge in [-0.2, -0.15) is 0 Å². The normalized spacial score (nSPS) is 11.3. The van der Waals surface area contributed by atoms with Crippen LogP contribution in [0.15, 0.2) is 29.4 Å². The Morgan fingerprint density at radius 2 is 1.85 bits per heavy atom. The van der Waals surface area contributed by atoms with Gasteiger partial charge in [-0.05, 0) is 45.0 Å². The average Bonchev–Trinajstić information content (AvgIpc) is 2.92. The van der Waals surface area contributed by atoms with Crippen molar-refractivity contribution in [3.05, 3.63) is 29.3 Å². The first-order valence-corrected chi connectivity index (χ1v) is 9.76. The zero-order valence-corrected chi connectivity index (χ0v) is 17.7. The summed E-state index contributed by atoms with van der Waals surface area (Å²) in [6, 6.07) is 7.32. The van der Waals surface area contributed by atoms with Crippen LogP contribution in [-0.2, 0) is 16.6 Å². The number of amides is 2. The number of benzene rings is 1. The second kappa shape index (κ2) is 8.75. The molecule has 0 aliphatic heterocycles. The van der Waals surface area contributed by atoms with Crippen LogP contribution >= 0.6 is 23.4 Å². The van der Waals surface area contributed by atoms with Gasteiger partial charge in [0, 0.05) is 30.2 Å². The predicted molar refractivity (Wildman–Crippen MR) is 108 cm³/mol. The molecule has 1 aromatic carbocycles. The Labute approximate surface area is 168 Å². The van der Waals surface area contributed by atoms with E-state index in [1.54, 1.807) is 19.2 Å². The number of nitrogens with zero attached hydrogens (tertiary/aromatic N) is 4. The molecule has 0 atom stereocenters. The fraction of sp³-hybridized carbons (Fsp3) is 0.444. The van der Waals surface area contributed by atoms with Crippen molar-refractivity contribution in [2.24, 2.45) is 7.05 Å². The van der Waals surface area contributed by atoms with Crippen molar-refractivity contribution in [1.29, 1.82) is 0 Å². The smallest absolute Gasteiger partial charge is 0.240 e. The Hall–Kier alpha value is -2.06. The number of hydrogen-bond donors (Lipinski definition) is 1. The lowest BCUT2D eigenvalue weighted by Gasteiger charge is -2.23. The van der Waals surface area contributed by atoms with Gasteiger partial charge in [0.15, 0.2) is 11.0 Å². The quantitative estimate of drug-likeness (QED) is 0.742. The van der Waals surface area contributed by atoms with Gasteiger partial charge >= 0.3 is 0 Å². The number of halogens is 1. The number of thioether (sulfide) groups is 1. The number of carbonyl (C=O) groups is 2. The molecule has 1 aromatic heterocycles. The second-order valence-electron chi connectivity index (χ2n) is 7.21. The van der Waals surface area contributed by atoms with Gasteiger partial charge < -0.3 is 14.8 Å². The molecule has 1 heterocycles. The van der Waals surface area contributed by atoms with E-state index in [-0.39, 0.29) is 29.7 Å². The zero-order chi connectivity index (χ0) is 20.2.